The van der Waals surface area contributed by atoms with Crippen molar-refractivity contribution < 1.29 is 32.6 Å². The number of alkyl halides is 3. The van der Waals surface area contributed by atoms with Crippen LogP contribution in [0.1, 0.15) is 60.1 Å². The van der Waals surface area contributed by atoms with Gasteiger partial charge in [0.05, 0.1) is 37.7 Å². The van der Waals surface area contributed by atoms with Crippen LogP contribution in [-0.4, -0.2) is 112 Å². The summed E-state index contributed by atoms with van der Waals surface area (Å²) in [7, 11) is 1.17. The number of aliphatic carboxylic acids is 1. The molecular weight excluding hydrogens is 613 g/mol. The van der Waals surface area contributed by atoms with Crippen LogP contribution >= 0.6 is 11.3 Å². The zero-order valence-electron chi connectivity index (χ0n) is 25.4. The van der Waals surface area contributed by atoms with E-state index in [0.29, 0.717) is 56.8 Å². The first kappa shape index (κ1) is 32.8. The molecule has 2 fully saturated rings. The van der Waals surface area contributed by atoms with Crippen LogP contribution in [0.5, 0.6) is 0 Å². The summed E-state index contributed by atoms with van der Waals surface area (Å²) in [6.45, 7) is 8.40. The third-order valence-corrected chi connectivity index (χ3v) is 9.40. The minimum absolute atomic E-state index is 0.0740. The third kappa shape index (κ3) is 7.79. The number of nitrogens with one attached hydrogen (secondary N) is 1. The molecular formula is C29H37F3N8O4S. The minimum atomic E-state index is -4.65. The highest BCUT2D eigenvalue weighted by Crippen LogP contribution is 2.40. The maximum Gasteiger partial charge on any atom is 0.421 e. The van der Waals surface area contributed by atoms with Crippen molar-refractivity contribution >= 4 is 40.1 Å². The molecule has 2 saturated heterocycles. The van der Waals surface area contributed by atoms with E-state index in [-0.39, 0.29) is 17.2 Å². The molecule has 12 nitrogen and oxygen atoms in total. The van der Waals surface area contributed by atoms with E-state index < -0.39 is 41.5 Å². The predicted octanol–water partition coefficient (Wildman–Crippen LogP) is 3.79. The second-order valence-corrected chi connectivity index (χ2v) is 12.5. The Hall–Kier alpha value is -3.63. The summed E-state index contributed by atoms with van der Waals surface area (Å²) >= 11 is 1.24. The largest absolute Gasteiger partial charge is 0.481 e. The van der Waals surface area contributed by atoms with Crippen molar-refractivity contribution in [1.82, 2.24) is 24.8 Å². The van der Waals surface area contributed by atoms with Crippen LogP contribution in [-0.2, 0) is 16.1 Å². The molecule has 0 spiro atoms. The van der Waals surface area contributed by atoms with Crippen LogP contribution in [0.2, 0.25) is 0 Å². The number of aliphatic imine (C=N–C) groups is 1. The van der Waals surface area contributed by atoms with E-state index in [2.05, 4.69) is 42.0 Å². The van der Waals surface area contributed by atoms with Crippen molar-refractivity contribution in [3.8, 4) is 0 Å². The number of carboxylic acid groups (broad SMARTS) is 1. The summed E-state index contributed by atoms with van der Waals surface area (Å²) in [6, 6.07) is -0.244. The molecule has 2 N–H and O–H groups in total. The lowest BCUT2D eigenvalue weighted by Crippen LogP contribution is -2.47. The number of hydrogen-bond acceptors (Lipinski definition) is 11. The first-order valence-electron chi connectivity index (χ1n) is 14.9. The molecule has 2 unspecified atom stereocenters. The molecule has 3 aliphatic heterocycles. The zero-order valence-corrected chi connectivity index (χ0v) is 26.2. The van der Waals surface area contributed by atoms with E-state index in [9.17, 15) is 22.8 Å². The number of piperazine rings is 1. The summed E-state index contributed by atoms with van der Waals surface area (Å²) < 4.78 is 46.7. The quantitative estimate of drug-likeness (QED) is 0.413. The lowest BCUT2D eigenvalue weighted by atomic mass is 9.91. The number of ether oxygens (including phenoxy) is 1. The van der Waals surface area contributed by atoms with Crippen LogP contribution in [0.3, 0.4) is 0 Å². The molecule has 45 heavy (non-hydrogen) atoms. The molecule has 0 aromatic carbocycles. The normalized spacial score (nSPS) is 23.1. The maximum atomic E-state index is 13.9. The van der Waals surface area contributed by atoms with E-state index in [1.54, 1.807) is 6.92 Å². The summed E-state index contributed by atoms with van der Waals surface area (Å²) in [5, 5.41) is 11.9. The maximum absolute atomic E-state index is 13.9. The number of anilines is 2. The van der Waals surface area contributed by atoms with Gasteiger partial charge in [0.25, 0.3) is 5.91 Å². The van der Waals surface area contributed by atoms with Crippen molar-refractivity contribution in [1.29, 1.82) is 0 Å². The minimum Gasteiger partial charge on any atom is -0.481 e. The molecule has 3 aliphatic rings. The van der Waals surface area contributed by atoms with E-state index in [1.165, 1.54) is 30.8 Å². The van der Waals surface area contributed by atoms with Gasteiger partial charge in [-0.2, -0.15) is 13.2 Å². The standard InChI is InChI=1S/C29H37F3N8O4S/c1-17-5-4-7-40(17)16-22-25(19-13-20(29(30,31)32)27(44-3)35-18(19)2)36-28(45-22)37-26(43)21-14-34-23(15-33-21)39-11-9-38(10-12-39)8-6-24(41)42/h13-15,17-19H,4-12,16H2,1-3H3,(H,41,42)(H,36,37,43)/t17-,18?,19?/m1/s1. The Bertz CT molecular complexity index is 1440. The van der Waals surface area contributed by atoms with Crippen LogP contribution in [0, 0.1) is 0 Å². The number of methoxy groups -OCH3 is 1. The van der Waals surface area contributed by atoms with E-state index >= 15 is 0 Å². The van der Waals surface area contributed by atoms with Gasteiger partial charge in [-0.3, -0.25) is 24.7 Å². The zero-order chi connectivity index (χ0) is 32.3. The second kappa shape index (κ2) is 13.8. The Morgan fingerprint density at radius 3 is 2.49 bits per heavy atom. The Balaban J connectivity index is 1.32. The Morgan fingerprint density at radius 1 is 1.13 bits per heavy atom. The number of aromatic nitrogens is 3. The van der Waals surface area contributed by atoms with Gasteiger partial charge in [0, 0.05) is 56.1 Å². The van der Waals surface area contributed by atoms with E-state index in [0.717, 1.165) is 30.3 Å². The second-order valence-electron chi connectivity index (χ2n) is 11.5. The Morgan fingerprint density at radius 2 is 1.89 bits per heavy atom. The highest BCUT2D eigenvalue weighted by Gasteiger charge is 2.43. The number of nitrogens with zero attached hydrogens (tertiary/aromatic N) is 7. The monoisotopic (exact) mass is 650 g/mol. The fourth-order valence-corrected chi connectivity index (χ4v) is 6.87. The molecule has 0 bridgehead atoms. The van der Waals surface area contributed by atoms with Crippen LogP contribution in [0.15, 0.2) is 29.0 Å². The van der Waals surface area contributed by atoms with Gasteiger partial charge in [-0.1, -0.05) is 6.08 Å². The summed E-state index contributed by atoms with van der Waals surface area (Å²) in [6.07, 6.45) is 1.54. The third-order valence-electron chi connectivity index (χ3n) is 8.43. The SMILES string of the molecule is COC1=NC(C)C(c2nc(NC(=O)c3cnc(N4CCN(CCC(=O)O)CC4)cn3)sc2CN2CCC[C@H]2C)C=C1C(F)(F)F. The number of carbonyl (C=O) groups is 2. The fraction of sp³-hybridized carbons (Fsp3) is 0.586. The molecule has 2 aromatic heterocycles. The number of halogens is 3. The van der Waals surface area contributed by atoms with Crippen molar-refractivity contribution in [2.24, 2.45) is 4.99 Å². The number of hydrogen-bond donors (Lipinski definition) is 2. The van der Waals surface area contributed by atoms with Crippen molar-refractivity contribution in [3.63, 3.8) is 0 Å². The number of likely N-dealkylation sites (tertiary alicyclic amines) is 1. The number of thiazole rings is 1. The van der Waals surface area contributed by atoms with Gasteiger partial charge in [0.2, 0.25) is 5.90 Å². The number of carboxylic acids is 1. The molecule has 2 aromatic rings. The highest BCUT2D eigenvalue weighted by atomic mass is 32.1. The lowest BCUT2D eigenvalue weighted by Gasteiger charge is -2.34. The average molecular weight is 651 g/mol. The molecule has 16 heteroatoms. The van der Waals surface area contributed by atoms with Crippen LogP contribution < -0.4 is 10.2 Å². The first-order chi connectivity index (χ1) is 21.4. The van der Waals surface area contributed by atoms with Gasteiger partial charge in [-0.15, -0.1) is 11.3 Å². The lowest BCUT2D eigenvalue weighted by molar-refractivity contribution is -0.137. The smallest absolute Gasteiger partial charge is 0.421 e. The van der Waals surface area contributed by atoms with Crippen molar-refractivity contribution in [2.45, 2.75) is 63.8 Å². The average Bonchev–Trinajstić information content (AvgIpc) is 3.60. The summed E-state index contributed by atoms with van der Waals surface area (Å²) in [4.78, 5) is 48.7. The number of rotatable bonds is 9. The molecule has 5 rings (SSSR count). The molecule has 0 saturated carbocycles. The predicted molar refractivity (Wildman–Crippen MR) is 163 cm³/mol. The van der Waals surface area contributed by atoms with Gasteiger partial charge in [0.15, 0.2) is 5.13 Å². The van der Waals surface area contributed by atoms with E-state index in [4.69, 9.17) is 9.84 Å². The van der Waals surface area contributed by atoms with Gasteiger partial charge in [-0.25, -0.2) is 19.9 Å². The number of dihydropyridines is 1. The Labute approximate surface area is 263 Å². The van der Waals surface area contributed by atoms with Gasteiger partial charge in [-0.05, 0) is 33.2 Å². The van der Waals surface area contributed by atoms with Crippen LogP contribution in [0.4, 0.5) is 24.1 Å². The summed E-state index contributed by atoms with van der Waals surface area (Å²) in [5.74, 6) is -1.96. The molecule has 5 heterocycles. The first-order valence-corrected chi connectivity index (χ1v) is 15.7. The molecule has 0 aliphatic carbocycles. The van der Waals surface area contributed by atoms with Gasteiger partial charge < -0.3 is 14.7 Å². The topological polar surface area (TPSA) is 136 Å². The molecule has 1 amide bonds. The molecule has 0 radical (unpaired) electrons. The van der Waals surface area contributed by atoms with Crippen molar-refractivity contribution in [2.75, 3.05) is 56.6 Å². The summed E-state index contributed by atoms with van der Waals surface area (Å²) in [5.41, 5.74) is -0.416. The van der Waals surface area contributed by atoms with Gasteiger partial charge in [0.1, 0.15) is 17.1 Å². The van der Waals surface area contributed by atoms with Gasteiger partial charge >= 0.3 is 12.1 Å². The van der Waals surface area contributed by atoms with Crippen molar-refractivity contribution in [3.05, 3.63) is 40.3 Å². The Kier molecular flexibility index (Phi) is 10.0. The molecule has 244 valence electrons. The fourth-order valence-electron chi connectivity index (χ4n) is 5.83. The number of carbonyl (C=O) groups excluding carboxylic acids is 1. The van der Waals surface area contributed by atoms with Crippen LogP contribution in [0.25, 0.3) is 0 Å². The molecule has 3 atom stereocenters. The van der Waals surface area contributed by atoms with E-state index in [1.807, 2.05) is 4.90 Å². The highest BCUT2D eigenvalue weighted by molar-refractivity contribution is 7.15. The number of amides is 1.